The highest BCUT2D eigenvalue weighted by Crippen LogP contribution is 2.58. The Labute approximate surface area is 178 Å². The molecule has 1 N–H and O–H groups in total. The molecule has 1 fully saturated rings. The summed E-state index contributed by atoms with van der Waals surface area (Å²) >= 11 is 0. The summed E-state index contributed by atoms with van der Waals surface area (Å²) < 4.78 is 13.2. The van der Waals surface area contributed by atoms with Crippen LogP contribution in [0.25, 0.3) is 11.3 Å². The third-order valence-electron chi connectivity index (χ3n) is 6.28. The van der Waals surface area contributed by atoms with Gasteiger partial charge in [0.15, 0.2) is 5.76 Å². The van der Waals surface area contributed by atoms with Crippen LogP contribution in [0, 0.1) is 6.92 Å². The Hall–Kier alpha value is -3.68. The lowest BCUT2D eigenvalue weighted by Gasteiger charge is -2.19. The topological polar surface area (TPSA) is 99.0 Å². The van der Waals surface area contributed by atoms with Crippen molar-refractivity contribution in [3.63, 3.8) is 0 Å². The second kappa shape index (κ2) is 6.66. The molecule has 0 unspecified atom stereocenters. The van der Waals surface area contributed by atoms with Crippen molar-refractivity contribution < 1.29 is 13.6 Å². The number of nitrogens with one attached hydrogen (secondary N) is 1. The van der Waals surface area contributed by atoms with Gasteiger partial charge in [0.05, 0.1) is 30.7 Å². The van der Waals surface area contributed by atoms with E-state index in [4.69, 9.17) is 13.9 Å². The van der Waals surface area contributed by atoms with Gasteiger partial charge >= 0.3 is 0 Å². The molecule has 4 aromatic rings. The maximum atomic E-state index is 12.8. The van der Waals surface area contributed by atoms with Crippen LogP contribution in [-0.4, -0.2) is 25.7 Å². The van der Waals surface area contributed by atoms with E-state index < -0.39 is 0 Å². The lowest BCUT2D eigenvalue weighted by Crippen LogP contribution is -2.23. The van der Waals surface area contributed by atoms with E-state index in [1.54, 1.807) is 12.4 Å². The van der Waals surface area contributed by atoms with Crippen molar-refractivity contribution in [1.82, 2.24) is 25.1 Å². The largest absolute Gasteiger partial charge is 0.455 e. The maximum Gasteiger partial charge on any atom is 0.287 e. The number of aromatic nitrogens is 4. The second-order valence-electron chi connectivity index (χ2n) is 8.33. The van der Waals surface area contributed by atoms with Crippen LogP contribution in [0.15, 0.2) is 51.9 Å². The zero-order valence-electron chi connectivity index (χ0n) is 17.1. The highest BCUT2D eigenvalue weighted by Gasteiger charge is 2.52. The molecule has 0 atom stereocenters. The van der Waals surface area contributed by atoms with Crippen molar-refractivity contribution in [1.29, 1.82) is 0 Å². The number of hydrogen-bond acceptors (Lipinski definition) is 6. The predicted octanol–water partition coefficient (Wildman–Crippen LogP) is 3.40. The van der Waals surface area contributed by atoms with E-state index >= 15 is 0 Å². The van der Waals surface area contributed by atoms with Crippen LogP contribution in [0.4, 0.5) is 0 Å². The van der Waals surface area contributed by atoms with Crippen LogP contribution >= 0.6 is 0 Å². The van der Waals surface area contributed by atoms with Gasteiger partial charge in [-0.05, 0) is 31.9 Å². The molecule has 0 aliphatic heterocycles. The average Bonchev–Trinajstić information content (AvgIpc) is 3.13. The SMILES string of the molecule is Cc1c(C(=O)NCc2ncco2)oc2c1-c1nn(Cc3ccccn3)cc1C1(CC1)C2. The first-order valence-electron chi connectivity index (χ1n) is 10.4. The molecule has 4 aromatic heterocycles. The van der Waals surface area contributed by atoms with E-state index in [0.29, 0.717) is 18.2 Å². The molecule has 2 aliphatic rings. The van der Waals surface area contributed by atoms with Gasteiger partial charge in [-0.15, -0.1) is 0 Å². The van der Waals surface area contributed by atoms with Crippen LogP contribution in [-0.2, 0) is 24.9 Å². The average molecular weight is 415 g/mol. The Balaban J connectivity index is 1.34. The first-order valence-corrected chi connectivity index (χ1v) is 10.4. The van der Waals surface area contributed by atoms with Crippen molar-refractivity contribution in [3.8, 4) is 11.3 Å². The number of amides is 1. The lowest BCUT2D eigenvalue weighted by atomic mass is 9.82. The molecule has 0 bridgehead atoms. The quantitative estimate of drug-likeness (QED) is 0.536. The summed E-state index contributed by atoms with van der Waals surface area (Å²) in [5, 5.41) is 7.73. The molecular formula is C23H21N5O3. The number of carbonyl (C=O) groups excluding carboxylic acids is 1. The zero-order chi connectivity index (χ0) is 21.0. The predicted molar refractivity (Wildman–Crippen MR) is 110 cm³/mol. The maximum absolute atomic E-state index is 12.8. The molecule has 1 spiro atoms. The third kappa shape index (κ3) is 2.98. The molecule has 0 radical (unpaired) electrons. The molecule has 31 heavy (non-hydrogen) atoms. The van der Waals surface area contributed by atoms with Gasteiger partial charge in [0.25, 0.3) is 5.91 Å². The van der Waals surface area contributed by atoms with Crippen molar-refractivity contribution in [3.05, 3.63) is 77.3 Å². The highest BCUT2D eigenvalue weighted by atomic mass is 16.4. The van der Waals surface area contributed by atoms with Crippen LogP contribution in [0.1, 0.15) is 51.9 Å². The summed E-state index contributed by atoms with van der Waals surface area (Å²) in [7, 11) is 0. The first-order chi connectivity index (χ1) is 15.1. The molecule has 4 heterocycles. The van der Waals surface area contributed by atoms with Gasteiger partial charge < -0.3 is 14.2 Å². The monoisotopic (exact) mass is 415 g/mol. The second-order valence-corrected chi connectivity index (χ2v) is 8.33. The molecule has 2 aliphatic carbocycles. The van der Waals surface area contributed by atoms with Gasteiger partial charge in [-0.25, -0.2) is 4.98 Å². The first kappa shape index (κ1) is 18.1. The smallest absolute Gasteiger partial charge is 0.287 e. The number of hydrogen-bond donors (Lipinski definition) is 1. The fourth-order valence-corrected chi connectivity index (χ4v) is 4.53. The standard InChI is InChI=1S/C23H21N5O3/c1-14-19-17(31-21(14)22(29)26-11-18-25-8-9-30-18)10-23(5-6-23)16-13-28(27-20(16)19)12-15-4-2-3-7-24-15/h2-4,7-9,13H,5-6,10-12H2,1H3,(H,26,29). The van der Waals surface area contributed by atoms with E-state index in [0.717, 1.165) is 47.5 Å². The number of carbonyl (C=O) groups is 1. The van der Waals surface area contributed by atoms with E-state index in [1.807, 2.05) is 29.8 Å². The number of fused-ring (bicyclic) bond motifs is 4. The minimum Gasteiger partial charge on any atom is -0.455 e. The van der Waals surface area contributed by atoms with Crippen LogP contribution in [0.3, 0.4) is 0 Å². The number of furan rings is 1. The molecule has 156 valence electrons. The van der Waals surface area contributed by atoms with Crippen LogP contribution < -0.4 is 5.32 Å². The summed E-state index contributed by atoms with van der Waals surface area (Å²) in [6.45, 7) is 2.75. The Morgan fingerprint density at radius 1 is 1.26 bits per heavy atom. The van der Waals surface area contributed by atoms with Gasteiger partial charge in [-0.1, -0.05) is 6.07 Å². The molecule has 8 nitrogen and oxygen atoms in total. The Bertz CT molecular complexity index is 1270. The summed E-state index contributed by atoms with van der Waals surface area (Å²) in [4.78, 5) is 21.3. The fourth-order valence-electron chi connectivity index (χ4n) is 4.53. The number of rotatable bonds is 5. The fraction of sp³-hybridized carbons (Fsp3) is 0.304. The van der Waals surface area contributed by atoms with Crippen molar-refractivity contribution in [2.75, 3.05) is 0 Å². The highest BCUT2D eigenvalue weighted by molar-refractivity contribution is 5.95. The normalized spacial score (nSPS) is 15.5. The summed E-state index contributed by atoms with van der Waals surface area (Å²) in [6, 6.07) is 5.89. The van der Waals surface area contributed by atoms with Gasteiger partial charge in [-0.2, -0.15) is 5.10 Å². The van der Waals surface area contributed by atoms with E-state index in [2.05, 4.69) is 21.5 Å². The number of nitrogens with zero attached hydrogens (tertiary/aromatic N) is 4. The zero-order valence-corrected chi connectivity index (χ0v) is 17.1. The Morgan fingerprint density at radius 3 is 2.90 bits per heavy atom. The van der Waals surface area contributed by atoms with Gasteiger partial charge in [0.1, 0.15) is 12.0 Å². The van der Waals surface area contributed by atoms with Gasteiger partial charge in [0, 0.05) is 40.9 Å². The molecule has 6 rings (SSSR count). The minimum absolute atomic E-state index is 0.0842. The van der Waals surface area contributed by atoms with E-state index in [-0.39, 0.29) is 17.9 Å². The molecule has 8 heteroatoms. The van der Waals surface area contributed by atoms with E-state index in [9.17, 15) is 4.79 Å². The molecule has 1 amide bonds. The van der Waals surface area contributed by atoms with Crippen molar-refractivity contribution >= 4 is 5.91 Å². The van der Waals surface area contributed by atoms with E-state index in [1.165, 1.54) is 11.8 Å². The summed E-state index contributed by atoms with van der Waals surface area (Å²) in [5.41, 5.74) is 5.01. The summed E-state index contributed by atoms with van der Waals surface area (Å²) in [5.74, 6) is 1.37. The van der Waals surface area contributed by atoms with Crippen LogP contribution in [0.2, 0.25) is 0 Å². The van der Waals surface area contributed by atoms with Crippen molar-refractivity contribution in [2.24, 2.45) is 0 Å². The van der Waals surface area contributed by atoms with Crippen molar-refractivity contribution in [2.45, 2.75) is 44.7 Å². The van der Waals surface area contributed by atoms with Gasteiger partial charge in [-0.3, -0.25) is 14.5 Å². The Kier molecular flexibility index (Phi) is 3.89. The number of pyridine rings is 1. The Morgan fingerprint density at radius 2 is 2.16 bits per heavy atom. The summed E-state index contributed by atoms with van der Waals surface area (Å²) in [6.07, 6.45) is 10.0. The minimum atomic E-state index is -0.274. The lowest BCUT2D eigenvalue weighted by molar-refractivity contribution is 0.0916. The molecule has 0 saturated heterocycles. The van der Waals surface area contributed by atoms with Crippen LogP contribution in [0.5, 0.6) is 0 Å². The number of oxazole rings is 1. The molecule has 1 saturated carbocycles. The third-order valence-corrected chi connectivity index (χ3v) is 6.28. The molecule has 0 aromatic carbocycles. The van der Waals surface area contributed by atoms with Gasteiger partial charge in [0.2, 0.25) is 5.89 Å². The molecular weight excluding hydrogens is 394 g/mol.